The lowest BCUT2D eigenvalue weighted by Crippen LogP contribution is -2.58. The quantitative estimate of drug-likeness (QED) is 0.315. The van der Waals surface area contributed by atoms with E-state index < -0.39 is 47.2 Å². The largest absolute Gasteiger partial charge is 0.461 e. The van der Waals surface area contributed by atoms with E-state index in [0.717, 1.165) is 6.42 Å². The number of carbonyl (C=O) groups is 4. The van der Waals surface area contributed by atoms with E-state index in [1.807, 2.05) is 19.9 Å². The summed E-state index contributed by atoms with van der Waals surface area (Å²) >= 11 is 0. The Kier molecular flexibility index (Phi) is 6.90. The summed E-state index contributed by atoms with van der Waals surface area (Å²) in [5.74, 6) is -2.47. The molecule has 8 heteroatoms. The van der Waals surface area contributed by atoms with Gasteiger partial charge in [-0.2, -0.15) is 0 Å². The Labute approximate surface area is 213 Å². The van der Waals surface area contributed by atoms with Crippen LogP contribution in [0.15, 0.2) is 11.6 Å². The Bertz CT molecular complexity index is 976. The van der Waals surface area contributed by atoms with Crippen molar-refractivity contribution in [1.29, 1.82) is 0 Å². The zero-order valence-corrected chi connectivity index (χ0v) is 22.6. The van der Waals surface area contributed by atoms with Crippen molar-refractivity contribution in [3.05, 3.63) is 11.6 Å². The van der Waals surface area contributed by atoms with Crippen LogP contribution in [0.4, 0.5) is 0 Å². The summed E-state index contributed by atoms with van der Waals surface area (Å²) < 4.78 is 23.9. The number of fused-ring (bicyclic) bond motifs is 2. The molecule has 0 aromatic rings. The molecule has 0 amide bonds. The highest BCUT2D eigenvalue weighted by Gasteiger charge is 2.71. The predicted molar refractivity (Wildman–Crippen MR) is 130 cm³/mol. The number of esters is 3. The van der Waals surface area contributed by atoms with E-state index in [4.69, 9.17) is 18.9 Å². The van der Waals surface area contributed by atoms with Crippen LogP contribution in [0.1, 0.15) is 80.6 Å². The van der Waals surface area contributed by atoms with Crippen LogP contribution in [0.25, 0.3) is 0 Å². The molecule has 0 N–H and O–H groups in total. The zero-order chi connectivity index (χ0) is 26.6. The normalized spacial score (nSPS) is 42.2. The van der Waals surface area contributed by atoms with E-state index in [1.165, 1.54) is 13.8 Å². The number of ketones is 1. The second kappa shape index (κ2) is 9.26. The second-order valence-corrected chi connectivity index (χ2v) is 11.9. The van der Waals surface area contributed by atoms with Gasteiger partial charge in [0.1, 0.15) is 17.8 Å². The van der Waals surface area contributed by atoms with Crippen LogP contribution in [-0.2, 0) is 38.1 Å². The number of rotatable bonds is 5. The third-order valence-corrected chi connectivity index (χ3v) is 8.97. The maximum absolute atomic E-state index is 14.3. The molecule has 36 heavy (non-hydrogen) atoms. The number of ether oxygens (including phenoxy) is 4. The summed E-state index contributed by atoms with van der Waals surface area (Å²) in [5, 5.41) is 0. The van der Waals surface area contributed by atoms with Crippen molar-refractivity contribution < 1.29 is 38.1 Å². The zero-order valence-electron chi connectivity index (χ0n) is 22.6. The molecule has 8 atom stereocenters. The summed E-state index contributed by atoms with van der Waals surface area (Å²) in [6, 6.07) is 0. The van der Waals surface area contributed by atoms with E-state index in [1.54, 1.807) is 6.92 Å². The van der Waals surface area contributed by atoms with Crippen molar-refractivity contribution in [3.8, 4) is 0 Å². The molecule has 1 aliphatic heterocycles. The van der Waals surface area contributed by atoms with Gasteiger partial charge in [0.15, 0.2) is 5.60 Å². The molecule has 0 bridgehead atoms. The molecule has 3 aliphatic carbocycles. The van der Waals surface area contributed by atoms with Gasteiger partial charge in [0.25, 0.3) is 0 Å². The van der Waals surface area contributed by atoms with Crippen molar-refractivity contribution in [2.45, 2.75) is 104 Å². The lowest BCUT2D eigenvalue weighted by Gasteiger charge is -2.41. The molecule has 3 fully saturated rings. The van der Waals surface area contributed by atoms with Gasteiger partial charge in [-0.1, -0.05) is 33.8 Å². The number of epoxide rings is 1. The summed E-state index contributed by atoms with van der Waals surface area (Å²) in [5.41, 5.74) is -1.91. The standard InChI is InChI=1S/C28H40O8/c1-8-9-21(31)35-23-16(3)13-28(36-18(5)30)22(23)25(34-17(4)29)27(14-33-27)11-10-19-20(26(19,6)7)12-15(2)24(28)32/h12,16,19-20,22-23,25H,8-11,13-14H2,1-7H3/b15-12+/t16-,19-,20+,22+,23-,25+,27-,28+/m0/s1. The lowest BCUT2D eigenvalue weighted by molar-refractivity contribution is -0.190. The SMILES string of the molecule is CCCC(=O)O[C@@H]1[C@@H]2[C@@H](OC(C)=O)[C@]3(CC[C@H]4[C@@H](/C=C(\C)C(=O)[C@@]2(OC(C)=O)C[C@@H]1C)C4(C)C)CO3. The molecule has 0 unspecified atom stereocenters. The first-order chi connectivity index (χ1) is 16.8. The van der Waals surface area contributed by atoms with E-state index in [-0.39, 0.29) is 35.9 Å². The number of hydrogen-bond donors (Lipinski definition) is 0. The smallest absolute Gasteiger partial charge is 0.306 e. The minimum atomic E-state index is -1.64. The molecule has 0 radical (unpaired) electrons. The van der Waals surface area contributed by atoms with Crippen LogP contribution in [0.5, 0.6) is 0 Å². The summed E-state index contributed by atoms with van der Waals surface area (Å²) in [4.78, 5) is 51.9. The molecule has 0 aromatic carbocycles. The summed E-state index contributed by atoms with van der Waals surface area (Å²) in [6.07, 6.45) is 2.80. The first kappa shape index (κ1) is 26.8. The molecule has 4 aliphatic rings. The number of hydrogen-bond acceptors (Lipinski definition) is 8. The van der Waals surface area contributed by atoms with Gasteiger partial charge in [-0.05, 0) is 54.9 Å². The van der Waals surface area contributed by atoms with Crippen LogP contribution >= 0.6 is 0 Å². The van der Waals surface area contributed by atoms with Crippen molar-refractivity contribution in [2.75, 3.05) is 6.61 Å². The molecule has 0 aromatic heterocycles. The maximum atomic E-state index is 14.3. The monoisotopic (exact) mass is 504 g/mol. The van der Waals surface area contributed by atoms with Crippen LogP contribution in [0, 0.1) is 29.1 Å². The molecule has 2 saturated carbocycles. The summed E-state index contributed by atoms with van der Waals surface area (Å²) in [6.45, 7) is 12.9. The molecule has 1 spiro atoms. The molecule has 200 valence electrons. The van der Waals surface area contributed by atoms with Gasteiger partial charge in [-0.25, -0.2) is 0 Å². The van der Waals surface area contributed by atoms with Gasteiger partial charge in [0.05, 0.1) is 12.5 Å². The first-order valence-corrected chi connectivity index (χ1v) is 13.2. The van der Waals surface area contributed by atoms with Crippen LogP contribution in [0.2, 0.25) is 0 Å². The van der Waals surface area contributed by atoms with Gasteiger partial charge in [0, 0.05) is 26.7 Å². The number of allylic oxidation sites excluding steroid dienone is 1. The van der Waals surface area contributed by atoms with E-state index in [2.05, 4.69) is 13.8 Å². The molecule has 1 saturated heterocycles. The van der Waals surface area contributed by atoms with Gasteiger partial charge in [-0.15, -0.1) is 0 Å². The predicted octanol–water partition coefficient (Wildman–Crippen LogP) is 3.94. The average Bonchev–Trinajstić information content (AvgIpc) is 3.62. The second-order valence-electron chi connectivity index (χ2n) is 11.9. The summed E-state index contributed by atoms with van der Waals surface area (Å²) in [7, 11) is 0. The Morgan fingerprint density at radius 1 is 1.14 bits per heavy atom. The minimum Gasteiger partial charge on any atom is -0.461 e. The van der Waals surface area contributed by atoms with E-state index in [9.17, 15) is 19.2 Å². The lowest BCUT2D eigenvalue weighted by atomic mass is 9.74. The third-order valence-electron chi connectivity index (χ3n) is 8.97. The maximum Gasteiger partial charge on any atom is 0.306 e. The molecular weight excluding hydrogens is 464 g/mol. The molecule has 4 rings (SSSR count). The topological polar surface area (TPSA) is 108 Å². The number of Topliss-reactive ketones (excluding diaryl/α,β-unsaturated/α-hetero) is 1. The molecular formula is C28H40O8. The van der Waals surface area contributed by atoms with Gasteiger partial charge < -0.3 is 18.9 Å². The Morgan fingerprint density at radius 2 is 1.81 bits per heavy atom. The van der Waals surface area contributed by atoms with Crippen LogP contribution in [-0.4, -0.2) is 53.7 Å². The fourth-order valence-corrected chi connectivity index (χ4v) is 7.01. The fourth-order valence-electron chi connectivity index (χ4n) is 7.01. The van der Waals surface area contributed by atoms with Crippen molar-refractivity contribution in [2.24, 2.45) is 29.1 Å². The van der Waals surface area contributed by atoms with Crippen LogP contribution in [0.3, 0.4) is 0 Å². The minimum absolute atomic E-state index is 0.0307. The van der Waals surface area contributed by atoms with Gasteiger partial charge in [-0.3, -0.25) is 19.2 Å². The molecule has 1 heterocycles. The highest BCUT2D eigenvalue weighted by Crippen LogP contribution is 2.64. The average molecular weight is 505 g/mol. The first-order valence-electron chi connectivity index (χ1n) is 13.2. The van der Waals surface area contributed by atoms with Crippen molar-refractivity contribution >= 4 is 23.7 Å². The Balaban J connectivity index is 1.89. The van der Waals surface area contributed by atoms with Crippen molar-refractivity contribution in [3.63, 3.8) is 0 Å². The Morgan fingerprint density at radius 3 is 2.36 bits per heavy atom. The highest BCUT2D eigenvalue weighted by molar-refractivity contribution is 6.03. The Hall–Kier alpha value is -2.22. The van der Waals surface area contributed by atoms with E-state index in [0.29, 0.717) is 30.9 Å². The third kappa shape index (κ3) is 4.50. The van der Waals surface area contributed by atoms with Crippen LogP contribution < -0.4 is 0 Å². The highest BCUT2D eigenvalue weighted by atomic mass is 16.6. The van der Waals surface area contributed by atoms with Crippen molar-refractivity contribution in [1.82, 2.24) is 0 Å². The number of carbonyl (C=O) groups excluding carboxylic acids is 4. The fraction of sp³-hybridized carbons (Fsp3) is 0.786. The van der Waals surface area contributed by atoms with Gasteiger partial charge >= 0.3 is 17.9 Å². The van der Waals surface area contributed by atoms with E-state index >= 15 is 0 Å². The molecule has 8 nitrogen and oxygen atoms in total. The van der Waals surface area contributed by atoms with Gasteiger partial charge in [0.2, 0.25) is 5.78 Å².